The lowest BCUT2D eigenvalue weighted by Crippen LogP contribution is -2.25. The first-order valence-corrected chi connectivity index (χ1v) is 5.44. The maximum atomic E-state index is 14.0. The van der Waals surface area contributed by atoms with E-state index in [1.54, 1.807) is 20.8 Å². The van der Waals surface area contributed by atoms with E-state index in [9.17, 15) is 9.18 Å². The Balaban J connectivity index is 3.24. The summed E-state index contributed by atoms with van der Waals surface area (Å²) in [7, 11) is 2.68. The fourth-order valence-corrected chi connectivity index (χ4v) is 1.39. The minimum absolute atomic E-state index is 0.0309. The maximum Gasteiger partial charge on any atom is 0.345 e. The molecular formula is C13H17FO4. The van der Waals surface area contributed by atoms with E-state index in [0.29, 0.717) is 0 Å². The van der Waals surface area contributed by atoms with E-state index in [0.717, 1.165) is 0 Å². The van der Waals surface area contributed by atoms with Gasteiger partial charge in [0.2, 0.25) is 0 Å². The van der Waals surface area contributed by atoms with Gasteiger partial charge in [-0.05, 0) is 32.9 Å². The van der Waals surface area contributed by atoms with Crippen LogP contribution in [0.5, 0.6) is 11.5 Å². The summed E-state index contributed by atoms with van der Waals surface area (Å²) in [6.45, 7) is 5.11. The Labute approximate surface area is 106 Å². The lowest BCUT2D eigenvalue weighted by atomic mass is 10.1. The number of benzene rings is 1. The standard InChI is InChI=1S/C13H17FO4/c1-13(2,3)18-12(15)10-8(16-4)6-7-9(17-5)11(10)14/h6-7H,1-5H3. The van der Waals surface area contributed by atoms with Crippen LogP contribution in [-0.4, -0.2) is 25.8 Å². The Morgan fingerprint density at radius 1 is 1.11 bits per heavy atom. The molecule has 1 aromatic carbocycles. The molecule has 18 heavy (non-hydrogen) atoms. The molecule has 100 valence electrons. The molecule has 1 aromatic rings. The fraction of sp³-hybridized carbons (Fsp3) is 0.462. The van der Waals surface area contributed by atoms with Gasteiger partial charge in [-0.15, -0.1) is 0 Å². The van der Waals surface area contributed by atoms with Crippen LogP contribution in [0, 0.1) is 5.82 Å². The van der Waals surface area contributed by atoms with E-state index in [1.807, 2.05) is 0 Å². The second kappa shape index (κ2) is 5.25. The largest absolute Gasteiger partial charge is 0.496 e. The number of hydrogen-bond donors (Lipinski definition) is 0. The molecule has 0 saturated carbocycles. The van der Waals surface area contributed by atoms with E-state index in [1.165, 1.54) is 26.4 Å². The average Bonchev–Trinajstić information content (AvgIpc) is 2.25. The van der Waals surface area contributed by atoms with Crippen LogP contribution in [0.2, 0.25) is 0 Å². The second-order valence-electron chi connectivity index (χ2n) is 4.66. The van der Waals surface area contributed by atoms with Crippen molar-refractivity contribution >= 4 is 5.97 Å². The normalized spacial score (nSPS) is 11.0. The van der Waals surface area contributed by atoms with Crippen molar-refractivity contribution in [2.24, 2.45) is 0 Å². The number of hydrogen-bond acceptors (Lipinski definition) is 4. The van der Waals surface area contributed by atoms with Gasteiger partial charge in [-0.3, -0.25) is 0 Å². The van der Waals surface area contributed by atoms with Gasteiger partial charge in [0, 0.05) is 0 Å². The summed E-state index contributed by atoms with van der Waals surface area (Å²) in [6.07, 6.45) is 0. The molecule has 0 saturated heterocycles. The zero-order valence-corrected chi connectivity index (χ0v) is 11.2. The summed E-state index contributed by atoms with van der Waals surface area (Å²) in [5.41, 5.74) is -0.968. The maximum absolute atomic E-state index is 14.0. The van der Waals surface area contributed by atoms with Gasteiger partial charge in [-0.1, -0.05) is 0 Å². The molecule has 0 fully saturated rings. The predicted octanol–water partition coefficient (Wildman–Crippen LogP) is 2.80. The van der Waals surface area contributed by atoms with E-state index in [2.05, 4.69) is 0 Å². The molecule has 0 amide bonds. The topological polar surface area (TPSA) is 44.8 Å². The van der Waals surface area contributed by atoms with Crippen molar-refractivity contribution in [3.63, 3.8) is 0 Å². The van der Waals surface area contributed by atoms with Gasteiger partial charge in [0.05, 0.1) is 14.2 Å². The molecule has 0 radical (unpaired) electrons. The molecule has 0 atom stereocenters. The smallest absolute Gasteiger partial charge is 0.345 e. The van der Waals surface area contributed by atoms with Crippen LogP contribution < -0.4 is 9.47 Å². The molecule has 4 nitrogen and oxygen atoms in total. The molecule has 0 aliphatic heterocycles. The van der Waals surface area contributed by atoms with Gasteiger partial charge in [0.25, 0.3) is 0 Å². The Bertz CT molecular complexity index is 449. The number of carbonyl (C=O) groups is 1. The zero-order chi connectivity index (χ0) is 13.9. The van der Waals surface area contributed by atoms with Crippen molar-refractivity contribution < 1.29 is 23.4 Å². The van der Waals surface area contributed by atoms with Crippen molar-refractivity contribution in [2.45, 2.75) is 26.4 Å². The summed E-state index contributed by atoms with van der Waals surface area (Å²) >= 11 is 0. The average molecular weight is 256 g/mol. The van der Waals surface area contributed by atoms with E-state index < -0.39 is 17.4 Å². The first-order valence-electron chi connectivity index (χ1n) is 5.44. The van der Waals surface area contributed by atoms with Crippen LogP contribution in [0.15, 0.2) is 12.1 Å². The van der Waals surface area contributed by atoms with Crippen molar-refractivity contribution in [1.82, 2.24) is 0 Å². The number of halogens is 1. The monoisotopic (exact) mass is 256 g/mol. The summed E-state index contributed by atoms with van der Waals surface area (Å²) in [5, 5.41) is 0. The number of carbonyl (C=O) groups excluding carboxylic acids is 1. The van der Waals surface area contributed by atoms with Crippen LogP contribution >= 0.6 is 0 Å². The molecule has 0 aliphatic carbocycles. The van der Waals surface area contributed by atoms with Gasteiger partial charge in [0.15, 0.2) is 11.6 Å². The molecule has 0 spiro atoms. The lowest BCUT2D eigenvalue weighted by molar-refractivity contribution is 0.00608. The zero-order valence-electron chi connectivity index (χ0n) is 11.2. The van der Waals surface area contributed by atoms with E-state index in [-0.39, 0.29) is 17.1 Å². The van der Waals surface area contributed by atoms with Gasteiger partial charge < -0.3 is 14.2 Å². The summed E-state index contributed by atoms with van der Waals surface area (Å²) in [4.78, 5) is 11.9. The lowest BCUT2D eigenvalue weighted by Gasteiger charge is -2.20. The SMILES string of the molecule is COc1ccc(OC)c(C(=O)OC(C)(C)C)c1F. The van der Waals surface area contributed by atoms with Gasteiger partial charge in [0.1, 0.15) is 16.9 Å². The van der Waals surface area contributed by atoms with E-state index in [4.69, 9.17) is 14.2 Å². The molecule has 5 heteroatoms. The van der Waals surface area contributed by atoms with Crippen LogP contribution in [-0.2, 0) is 4.74 Å². The van der Waals surface area contributed by atoms with E-state index >= 15 is 0 Å². The number of ether oxygens (including phenoxy) is 3. The molecule has 0 aromatic heterocycles. The Kier molecular flexibility index (Phi) is 4.16. The third kappa shape index (κ3) is 3.12. The highest BCUT2D eigenvalue weighted by Crippen LogP contribution is 2.30. The van der Waals surface area contributed by atoms with Crippen molar-refractivity contribution in [3.05, 3.63) is 23.5 Å². The predicted molar refractivity (Wildman–Crippen MR) is 64.7 cm³/mol. The van der Waals surface area contributed by atoms with Crippen molar-refractivity contribution in [2.75, 3.05) is 14.2 Å². The summed E-state index contributed by atoms with van der Waals surface area (Å²) in [5.74, 6) is -1.49. The first-order chi connectivity index (χ1) is 8.30. The minimum Gasteiger partial charge on any atom is -0.496 e. The molecule has 0 unspecified atom stereocenters. The first kappa shape index (κ1) is 14.3. The third-order valence-electron chi connectivity index (χ3n) is 2.11. The molecule has 0 heterocycles. The van der Waals surface area contributed by atoms with Crippen LogP contribution in [0.1, 0.15) is 31.1 Å². The molecular weight excluding hydrogens is 239 g/mol. The minimum atomic E-state index is -0.786. The second-order valence-corrected chi connectivity index (χ2v) is 4.66. The van der Waals surface area contributed by atoms with Crippen molar-refractivity contribution in [3.8, 4) is 11.5 Å². The number of methoxy groups -OCH3 is 2. The summed E-state index contributed by atoms with van der Waals surface area (Å²) < 4.78 is 29.0. The Morgan fingerprint density at radius 2 is 1.61 bits per heavy atom. The van der Waals surface area contributed by atoms with Crippen LogP contribution in [0.3, 0.4) is 0 Å². The highest BCUT2D eigenvalue weighted by atomic mass is 19.1. The molecule has 0 bridgehead atoms. The van der Waals surface area contributed by atoms with Crippen molar-refractivity contribution in [1.29, 1.82) is 0 Å². The molecule has 0 N–H and O–H groups in total. The van der Waals surface area contributed by atoms with Gasteiger partial charge >= 0.3 is 5.97 Å². The van der Waals surface area contributed by atoms with Crippen LogP contribution in [0.25, 0.3) is 0 Å². The molecule has 1 rings (SSSR count). The molecule has 0 aliphatic rings. The van der Waals surface area contributed by atoms with Gasteiger partial charge in [-0.2, -0.15) is 0 Å². The Hall–Kier alpha value is -1.78. The third-order valence-corrected chi connectivity index (χ3v) is 2.11. The van der Waals surface area contributed by atoms with Gasteiger partial charge in [-0.25, -0.2) is 9.18 Å². The van der Waals surface area contributed by atoms with Crippen LogP contribution in [0.4, 0.5) is 4.39 Å². The fourth-order valence-electron chi connectivity index (χ4n) is 1.39. The number of rotatable bonds is 3. The number of esters is 1. The summed E-state index contributed by atoms with van der Waals surface area (Å²) in [6, 6.07) is 2.85. The quantitative estimate of drug-likeness (QED) is 0.780. The highest BCUT2D eigenvalue weighted by Gasteiger charge is 2.26. The Morgan fingerprint density at radius 3 is 2.06 bits per heavy atom. The highest BCUT2D eigenvalue weighted by molar-refractivity contribution is 5.93.